The Hall–Kier alpha value is -1.39. The first-order valence-corrected chi connectivity index (χ1v) is 6.22. The Morgan fingerprint density at radius 3 is 2.67 bits per heavy atom. The summed E-state index contributed by atoms with van der Waals surface area (Å²) in [6.45, 7) is 2.55. The van der Waals surface area contributed by atoms with Gasteiger partial charge in [0.15, 0.2) is 6.10 Å². The van der Waals surface area contributed by atoms with E-state index in [1.807, 2.05) is 37.3 Å². The summed E-state index contributed by atoms with van der Waals surface area (Å²) in [6, 6.07) is 9.75. The molecule has 1 heterocycles. The fraction of sp³-hybridized carbons (Fsp3) is 0.500. The number of esters is 1. The molecule has 1 aliphatic rings. The van der Waals surface area contributed by atoms with Gasteiger partial charge in [0, 0.05) is 0 Å². The third-order valence-electron chi connectivity index (χ3n) is 3.20. The first kappa shape index (κ1) is 13.1. The maximum absolute atomic E-state index is 11.4. The monoisotopic (exact) mass is 250 g/mol. The van der Waals surface area contributed by atoms with Crippen LogP contribution in [0.25, 0.3) is 0 Å². The first-order chi connectivity index (χ1) is 8.72. The van der Waals surface area contributed by atoms with Crippen molar-refractivity contribution in [3.63, 3.8) is 0 Å². The number of ether oxygens (including phenoxy) is 2. The Bertz CT molecular complexity index is 390. The molecule has 0 saturated carbocycles. The summed E-state index contributed by atoms with van der Waals surface area (Å²) >= 11 is 0. The van der Waals surface area contributed by atoms with E-state index >= 15 is 0 Å². The van der Waals surface area contributed by atoms with Crippen molar-refractivity contribution in [2.24, 2.45) is 5.92 Å². The summed E-state index contributed by atoms with van der Waals surface area (Å²) in [7, 11) is 0. The molecule has 0 aromatic heterocycles. The molecule has 1 fully saturated rings. The fourth-order valence-corrected chi connectivity index (χ4v) is 2.11. The highest BCUT2D eigenvalue weighted by Crippen LogP contribution is 2.24. The van der Waals surface area contributed by atoms with Crippen LogP contribution in [-0.2, 0) is 20.9 Å². The molecule has 1 aromatic carbocycles. The number of benzene rings is 1. The summed E-state index contributed by atoms with van der Waals surface area (Å²) in [5, 5.41) is 9.89. The summed E-state index contributed by atoms with van der Waals surface area (Å²) in [5.74, 6) is -0.728. The molecule has 0 amide bonds. The van der Waals surface area contributed by atoms with E-state index in [0.717, 1.165) is 5.56 Å². The quantitative estimate of drug-likeness (QED) is 0.805. The molecular formula is C14H18O4. The minimum absolute atomic E-state index is 0.234. The van der Waals surface area contributed by atoms with Crippen LogP contribution in [0, 0.1) is 5.92 Å². The maximum Gasteiger partial charge on any atom is 0.312 e. The molecule has 0 bridgehead atoms. The largest absolute Gasteiger partial charge is 0.457 e. The van der Waals surface area contributed by atoms with Crippen LogP contribution in [-0.4, -0.2) is 29.9 Å². The van der Waals surface area contributed by atoms with Gasteiger partial charge in [-0.25, -0.2) is 0 Å². The predicted molar refractivity (Wildman–Crippen MR) is 65.8 cm³/mol. The van der Waals surface area contributed by atoms with Crippen LogP contribution in [0.2, 0.25) is 0 Å². The van der Waals surface area contributed by atoms with Gasteiger partial charge < -0.3 is 14.6 Å². The van der Waals surface area contributed by atoms with Crippen molar-refractivity contribution in [3.8, 4) is 0 Å². The summed E-state index contributed by atoms with van der Waals surface area (Å²) in [5.41, 5.74) is 1.06. The molecule has 0 radical (unpaired) electrons. The van der Waals surface area contributed by atoms with Gasteiger partial charge in [0.1, 0.15) is 6.10 Å². The molecule has 2 rings (SSSR count). The van der Waals surface area contributed by atoms with Gasteiger partial charge >= 0.3 is 5.97 Å². The van der Waals surface area contributed by atoms with E-state index in [1.165, 1.54) is 0 Å². The highest BCUT2D eigenvalue weighted by Gasteiger charge is 2.42. The highest BCUT2D eigenvalue weighted by atomic mass is 16.6. The predicted octanol–water partition coefficient (Wildman–Crippen LogP) is 1.52. The lowest BCUT2D eigenvalue weighted by Gasteiger charge is -2.14. The summed E-state index contributed by atoms with van der Waals surface area (Å²) in [6.07, 6.45) is -0.695. The zero-order valence-corrected chi connectivity index (χ0v) is 10.4. The lowest BCUT2D eigenvalue weighted by Crippen LogP contribution is -2.30. The molecule has 1 aromatic rings. The Morgan fingerprint density at radius 2 is 2.06 bits per heavy atom. The van der Waals surface area contributed by atoms with Gasteiger partial charge in [0.05, 0.1) is 19.1 Å². The molecule has 3 atom stereocenters. The number of aliphatic hydroxyl groups is 1. The van der Waals surface area contributed by atoms with Crippen LogP contribution in [0.1, 0.15) is 18.9 Å². The molecule has 18 heavy (non-hydrogen) atoms. The second-order valence-corrected chi connectivity index (χ2v) is 4.48. The number of carbonyl (C=O) groups is 1. The van der Waals surface area contributed by atoms with E-state index in [1.54, 1.807) is 0 Å². The fourth-order valence-electron chi connectivity index (χ4n) is 2.11. The van der Waals surface area contributed by atoms with Crippen molar-refractivity contribution in [1.82, 2.24) is 0 Å². The number of carbonyl (C=O) groups excluding carboxylic acids is 1. The topological polar surface area (TPSA) is 55.8 Å². The van der Waals surface area contributed by atoms with Crippen molar-refractivity contribution in [2.75, 3.05) is 6.61 Å². The van der Waals surface area contributed by atoms with Crippen molar-refractivity contribution in [2.45, 2.75) is 32.2 Å². The van der Waals surface area contributed by atoms with Gasteiger partial charge in [0.25, 0.3) is 0 Å². The third kappa shape index (κ3) is 2.89. The van der Waals surface area contributed by atoms with Crippen LogP contribution in [0.5, 0.6) is 0 Å². The van der Waals surface area contributed by atoms with E-state index in [-0.39, 0.29) is 12.6 Å². The van der Waals surface area contributed by atoms with E-state index in [4.69, 9.17) is 9.47 Å². The Labute approximate surface area is 107 Å². The van der Waals surface area contributed by atoms with Gasteiger partial charge in [-0.3, -0.25) is 4.79 Å². The number of aliphatic hydroxyl groups excluding tert-OH is 1. The molecule has 1 saturated heterocycles. The molecule has 0 unspecified atom stereocenters. The normalized spacial score (nSPS) is 27.2. The lowest BCUT2D eigenvalue weighted by atomic mass is 9.99. The van der Waals surface area contributed by atoms with Crippen molar-refractivity contribution in [3.05, 3.63) is 35.9 Å². The minimum atomic E-state index is -0.752. The SMILES string of the molecule is CC[C@@H]1C(=O)O[C@H](COCc2ccccc2)[C@H]1O. The van der Waals surface area contributed by atoms with Crippen LogP contribution in [0.3, 0.4) is 0 Å². The minimum Gasteiger partial charge on any atom is -0.457 e. The molecule has 4 heteroatoms. The van der Waals surface area contributed by atoms with Crippen LogP contribution < -0.4 is 0 Å². The highest BCUT2D eigenvalue weighted by molar-refractivity contribution is 5.75. The zero-order chi connectivity index (χ0) is 13.0. The van der Waals surface area contributed by atoms with Gasteiger partial charge in [0.2, 0.25) is 0 Å². The lowest BCUT2D eigenvalue weighted by molar-refractivity contribution is -0.146. The third-order valence-corrected chi connectivity index (χ3v) is 3.20. The molecule has 1 N–H and O–H groups in total. The maximum atomic E-state index is 11.4. The summed E-state index contributed by atoms with van der Waals surface area (Å²) in [4.78, 5) is 11.4. The number of rotatable bonds is 5. The average Bonchev–Trinajstić information content (AvgIpc) is 2.65. The van der Waals surface area contributed by atoms with E-state index < -0.39 is 18.1 Å². The van der Waals surface area contributed by atoms with Crippen LogP contribution in [0.15, 0.2) is 30.3 Å². The second kappa shape index (κ2) is 5.98. The molecule has 98 valence electrons. The van der Waals surface area contributed by atoms with Gasteiger partial charge in [-0.05, 0) is 12.0 Å². The molecule has 0 spiro atoms. The van der Waals surface area contributed by atoms with E-state index in [2.05, 4.69) is 0 Å². The standard InChI is InChI=1S/C14H18O4/c1-2-11-13(15)12(18-14(11)16)9-17-8-10-6-4-3-5-7-10/h3-7,11-13,15H,2,8-9H2,1H3/t11-,12+,13-/m0/s1. The summed E-state index contributed by atoms with van der Waals surface area (Å²) < 4.78 is 10.6. The van der Waals surface area contributed by atoms with Gasteiger partial charge in [-0.2, -0.15) is 0 Å². The molecule has 1 aliphatic heterocycles. The molecular weight excluding hydrogens is 232 g/mol. The van der Waals surface area contributed by atoms with Crippen molar-refractivity contribution >= 4 is 5.97 Å². The van der Waals surface area contributed by atoms with E-state index in [9.17, 15) is 9.90 Å². The molecule has 0 aliphatic carbocycles. The Morgan fingerprint density at radius 1 is 1.33 bits per heavy atom. The second-order valence-electron chi connectivity index (χ2n) is 4.48. The number of cyclic esters (lactones) is 1. The van der Waals surface area contributed by atoms with Crippen LogP contribution in [0.4, 0.5) is 0 Å². The number of hydrogen-bond acceptors (Lipinski definition) is 4. The van der Waals surface area contributed by atoms with Crippen molar-refractivity contribution in [1.29, 1.82) is 0 Å². The number of hydrogen-bond donors (Lipinski definition) is 1. The smallest absolute Gasteiger partial charge is 0.312 e. The zero-order valence-electron chi connectivity index (χ0n) is 10.4. The van der Waals surface area contributed by atoms with Gasteiger partial charge in [-0.15, -0.1) is 0 Å². The Balaban J connectivity index is 1.79. The first-order valence-electron chi connectivity index (χ1n) is 6.22. The van der Waals surface area contributed by atoms with Crippen LogP contribution >= 0.6 is 0 Å². The molecule has 4 nitrogen and oxygen atoms in total. The van der Waals surface area contributed by atoms with Crippen molar-refractivity contribution < 1.29 is 19.4 Å². The average molecular weight is 250 g/mol. The van der Waals surface area contributed by atoms with Gasteiger partial charge in [-0.1, -0.05) is 37.3 Å². The van der Waals surface area contributed by atoms with E-state index in [0.29, 0.717) is 13.0 Å². The Kier molecular flexibility index (Phi) is 4.33.